The number of likely N-dealkylation sites (N-methyl/N-ethyl adjacent to an activating group) is 1. The van der Waals surface area contributed by atoms with Gasteiger partial charge in [0.2, 0.25) is 5.91 Å². The number of nitrogen functional groups attached to an aromatic ring is 2. The van der Waals surface area contributed by atoms with Crippen molar-refractivity contribution < 1.29 is 9.53 Å². The van der Waals surface area contributed by atoms with Crippen LogP contribution in [0.1, 0.15) is 38.8 Å². The monoisotopic (exact) mass is 548 g/mol. The highest BCUT2D eigenvalue weighted by molar-refractivity contribution is 5.94. The summed E-state index contributed by atoms with van der Waals surface area (Å²) in [7, 11) is 3.97. The average molecular weight is 549 g/mol. The van der Waals surface area contributed by atoms with Crippen LogP contribution in [0.5, 0.6) is 5.75 Å². The highest BCUT2D eigenvalue weighted by atomic mass is 16.5. The molecule has 214 valence electrons. The Morgan fingerprint density at radius 2 is 1.85 bits per heavy atom. The van der Waals surface area contributed by atoms with Crippen molar-refractivity contribution in [1.29, 1.82) is 5.41 Å². The highest BCUT2D eigenvalue weighted by Gasteiger charge is 2.22. The summed E-state index contributed by atoms with van der Waals surface area (Å²) in [4.78, 5) is 32.9. The Morgan fingerprint density at radius 1 is 1.18 bits per heavy atom. The molecule has 11 nitrogen and oxygen atoms in total. The zero-order valence-electron chi connectivity index (χ0n) is 24.0. The predicted molar refractivity (Wildman–Crippen MR) is 160 cm³/mol. The quantitative estimate of drug-likeness (QED) is 0.131. The maximum atomic E-state index is 13.5. The molecule has 0 saturated heterocycles. The smallest absolute Gasteiger partial charge is 0.294 e. The van der Waals surface area contributed by atoms with Gasteiger partial charge in [0.1, 0.15) is 24.7 Å². The van der Waals surface area contributed by atoms with E-state index in [2.05, 4.69) is 34.4 Å². The summed E-state index contributed by atoms with van der Waals surface area (Å²) in [6, 6.07) is 12.2. The van der Waals surface area contributed by atoms with E-state index in [9.17, 15) is 9.59 Å². The van der Waals surface area contributed by atoms with E-state index in [1.165, 1.54) is 4.57 Å². The van der Waals surface area contributed by atoms with Gasteiger partial charge in [0, 0.05) is 41.0 Å². The van der Waals surface area contributed by atoms with Crippen molar-refractivity contribution in [3.05, 3.63) is 70.1 Å². The standard InChI is InChI=1S/C29H40N8O3/c1-18(2)35-27-28(39)37(16-25(38)33-14-19-7-9-20(10-8-19)26(31)32)24(15-34-27)21-11-22(30)13-23(12-21)40-17-29(3,4)36(5)6/h7-13,15,18H,14,16-17,30H2,1-6H3,(H3,31,32)(H,33,38)(H,34,35). The normalized spacial score (nSPS) is 11.5. The van der Waals surface area contributed by atoms with Crippen LogP contribution in [-0.2, 0) is 17.9 Å². The van der Waals surface area contributed by atoms with Gasteiger partial charge < -0.3 is 31.7 Å². The van der Waals surface area contributed by atoms with Gasteiger partial charge in [-0.25, -0.2) is 4.98 Å². The largest absolute Gasteiger partial charge is 0.492 e. The molecule has 40 heavy (non-hydrogen) atoms. The molecule has 0 radical (unpaired) electrons. The van der Waals surface area contributed by atoms with Crippen molar-refractivity contribution in [2.75, 3.05) is 31.8 Å². The third kappa shape index (κ3) is 7.82. The number of nitrogens with zero attached hydrogens (tertiary/aromatic N) is 3. The number of nitrogens with two attached hydrogens (primary N) is 2. The van der Waals surface area contributed by atoms with Crippen LogP contribution in [0.2, 0.25) is 0 Å². The number of hydrogen-bond donors (Lipinski definition) is 5. The molecule has 3 aromatic rings. The van der Waals surface area contributed by atoms with E-state index in [-0.39, 0.29) is 42.2 Å². The van der Waals surface area contributed by atoms with Crippen molar-refractivity contribution in [2.24, 2.45) is 5.73 Å². The summed E-state index contributed by atoms with van der Waals surface area (Å²) >= 11 is 0. The zero-order chi connectivity index (χ0) is 29.6. The number of anilines is 2. The molecule has 2 aromatic carbocycles. The summed E-state index contributed by atoms with van der Waals surface area (Å²) < 4.78 is 7.45. The number of amidine groups is 1. The predicted octanol–water partition coefficient (Wildman–Crippen LogP) is 2.63. The van der Waals surface area contributed by atoms with Crippen molar-refractivity contribution in [1.82, 2.24) is 19.8 Å². The average Bonchev–Trinajstić information content (AvgIpc) is 2.88. The second kappa shape index (κ2) is 12.6. The Hall–Kier alpha value is -4.38. The van der Waals surface area contributed by atoms with Crippen LogP contribution >= 0.6 is 0 Å². The number of carbonyl (C=O) groups excluding carboxylic acids is 1. The molecule has 11 heteroatoms. The first-order valence-corrected chi connectivity index (χ1v) is 13.0. The van der Waals surface area contributed by atoms with Crippen LogP contribution in [-0.4, -0.2) is 58.5 Å². The molecule has 1 heterocycles. The molecule has 3 rings (SSSR count). The third-order valence-electron chi connectivity index (χ3n) is 6.56. The van der Waals surface area contributed by atoms with E-state index in [1.54, 1.807) is 48.7 Å². The van der Waals surface area contributed by atoms with Crippen LogP contribution in [0.3, 0.4) is 0 Å². The van der Waals surface area contributed by atoms with Crippen LogP contribution < -0.4 is 32.4 Å². The number of carbonyl (C=O) groups is 1. The summed E-state index contributed by atoms with van der Waals surface area (Å²) in [5.74, 6) is 0.322. The lowest BCUT2D eigenvalue weighted by atomic mass is 10.1. The van der Waals surface area contributed by atoms with Gasteiger partial charge in [0.05, 0.1) is 11.9 Å². The maximum Gasteiger partial charge on any atom is 0.294 e. The van der Waals surface area contributed by atoms with Gasteiger partial charge in [-0.3, -0.25) is 19.6 Å². The lowest BCUT2D eigenvalue weighted by Crippen LogP contribution is -2.43. The van der Waals surface area contributed by atoms with Crippen LogP contribution in [0.15, 0.2) is 53.5 Å². The van der Waals surface area contributed by atoms with E-state index < -0.39 is 5.56 Å². The Labute approximate surface area is 235 Å². The van der Waals surface area contributed by atoms with Gasteiger partial charge in [0.25, 0.3) is 5.56 Å². The number of aromatic nitrogens is 2. The molecule has 0 aliphatic rings. The summed E-state index contributed by atoms with van der Waals surface area (Å²) in [6.07, 6.45) is 1.56. The molecule has 0 fully saturated rings. The SMILES string of the molecule is CC(C)Nc1ncc(-c2cc(N)cc(OCC(C)(C)N(C)C)c2)n(CC(=O)NCc2ccc(C(=N)N)cc2)c1=O. The third-order valence-corrected chi connectivity index (χ3v) is 6.56. The first kappa shape index (κ1) is 30.2. The fourth-order valence-electron chi connectivity index (χ4n) is 3.69. The minimum Gasteiger partial charge on any atom is -0.492 e. The van der Waals surface area contributed by atoms with E-state index >= 15 is 0 Å². The van der Waals surface area contributed by atoms with Gasteiger partial charge in [0.15, 0.2) is 5.82 Å². The lowest BCUT2D eigenvalue weighted by Gasteiger charge is -2.32. The van der Waals surface area contributed by atoms with E-state index in [1.807, 2.05) is 27.9 Å². The maximum absolute atomic E-state index is 13.5. The molecule has 0 aliphatic carbocycles. The molecule has 1 aromatic heterocycles. The molecular weight excluding hydrogens is 508 g/mol. The summed E-state index contributed by atoms with van der Waals surface area (Å²) in [5.41, 5.74) is 14.0. The van der Waals surface area contributed by atoms with Crippen molar-refractivity contribution in [3.63, 3.8) is 0 Å². The van der Waals surface area contributed by atoms with E-state index in [0.29, 0.717) is 34.9 Å². The molecule has 0 spiro atoms. The first-order valence-electron chi connectivity index (χ1n) is 13.0. The number of hydrogen-bond acceptors (Lipinski definition) is 8. The molecule has 1 amide bonds. The molecule has 0 saturated carbocycles. The lowest BCUT2D eigenvalue weighted by molar-refractivity contribution is -0.121. The molecule has 0 aliphatic heterocycles. The number of benzene rings is 2. The molecule has 7 N–H and O–H groups in total. The number of amides is 1. The second-order valence-electron chi connectivity index (χ2n) is 10.9. The second-order valence-corrected chi connectivity index (χ2v) is 10.9. The van der Waals surface area contributed by atoms with E-state index in [0.717, 1.165) is 5.56 Å². The molecule has 0 atom stereocenters. The number of rotatable bonds is 12. The minimum absolute atomic E-state index is 0.0255. The summed E-state index contributed by atoms with van der Waals surface area (Å²) in [5, 5.41) is 13.4. The van der Waals surface area contributed by atoms with E-state index in [4.69, 9.17) is 21.6 Å². The molecular formula is C29H40N8O3. The van der Waals surface area contributed by atoms with Crippen LogP contribution in [0.4, 0.5) is 11.5 Å². The Morgan fingerprint density at radius 3 is 2.45 bits per heavy atom. The zero-order valence-corrected chi connectivity index (χ0v) is 24.0. The van der Waals surface area contributed by atoms with Gasteiger partial charge in [-0.2, -0.15) is 0 Å². The van der Waals surface area contributed by atoms with Crippen LogP contribution in [0.25, 0.3) is 11.3 Å². The van der Waals surface area contributed by atoms with Crippen molar-refractivity contribution in [2.45, 2.75) is 52.4 Å². The van der Waals surface area contributed by atoms with Gasteiger partial charge in [-0.1, -0.05) is 24.3 Å². The van der Waals surface area contributed by atoms with Crippen LogP contribution in [0, 0.1) is 5.41 Å². The fraction of sp³-hybridized carbons (Fsp3) is 0.379. The Bertz CT molecular complexity index is 1410. The molecule has 0 bridgehead atoms. The fourth-order valence-corrected chi connectivity index (χ4v) is 3.69. The Kier molecular flexibility index (Phi) is 9.54. The van der Waals surface area contributed by atoms with Gasteiger partial charge in [-0.15, -0.1) is 0 Å². The first-order chi connectivity index (χ1) is 18.8. The van der Waals surface area contributed by atoms with Crippen molar-refractivity contribution in [3.8, 4) is 17.0 Å². The van der Waals surface area contributed by atoms with Gasteiger partial charge >= 0.3 is 0 Å². The summed E-state index contributed by atoms with van der Waals surface area (Å²) in [6.45, 7) is 8.38. The number of nitrogens with one attached hydrogen (secondary N) is 3. The number of ether oxygens (including phenoxy) is 1. The van der Waals surface area contributed by atoms with Gasteiger partial charge in [-0.05, 0) is 59.5 Å². The topological polar surface area (TPSA) is 164 Å². The Balaban J connectivity index is 1.91. The van der Waals surface area contributed by atoms with Crippen molar-refractivity contribution >= 4 is 23.2 Å². The minimum atomic E-state index is -0.425. The molecule has 0 unspecified atom stereocenters. The highest BCUT2D eigenvalue weighted by Crippen LogP contribution is 2.28.